The summed E-state index contributed by atoms with van der Waals surface area (Å²) in [6.45, 7) is 1.30. The first-order valence-corrected chi connectivity index (χ1v) is 10.5. The predicted octanol–water partition coefficient (Wildman–Crippen LogP) is 4.06. The van der Waals surface area contributed by atoms with Crippen LogP contribution in [0.4, 0.5) is 5.69 Å². The molecule has 4 rings (SSSR count). The molecule has 0 aliphatic carbocycles. The largest absolute Gasteiger partial charge is 0.352 e. The third-order valence-electron chi connectivity index (χ3n) is 4.94. The van der Waals surface area contributed by atoms with E-state index in [2.05, 4.69) is 16.4 Å². The summed E-state index contributed by atoms with van der Waals surface area (Å²) in [6, 6.07) is 16.0. The number of nitrogens with one attached hydrogen (secondary N) is 1. The summed E-state index contributed by atoms with van der Waals surface area (Å²) < 4.78 is 1.20. The molecular weight excluding hydrogens is 370 g/mol. The molecule has 1 aromatic heterocycles. The van der Waals surface area contributed by atoms with Gasteiger partial charge in [-0.25, -0.2) is 4.98 Å². The number of aryl methyl sites for hydroxylation is 1. The fourth-order valence-corrected chi connectivity index (χ4v) is 4.44. The lowest BCUT2D eigenvalue weighted by molar-refractivity contribution is -0.121. The van der Waals surface area contributed by atoms with Crippen LogP contribution in [-0.4, -0.2) is 23.3 Å². The second-order valence-electron chi connectivity index (χ2n) is 7.02. The zero-order chi connectivity index (χ0) is 19.3. The molecule has 144 valence electrons. The molecule has 2 amide bonds. The molecule has 2 aromatic carbocycles. The number of carbonyl (C=O) groups excluding carboxylic acids is 2. The molecule has 1 aliphatic rings. The Morgan fingerprint density at radius 1 is 1.14 bits per heavy atom. The van der Waals surface area contributed by atoms with Crippen LogP contribution in [0.3, 0.4) is 0 Å². The maximum Gasteiger partial charge on any atom is 0.227 e. The van der Waals surface area contributed by atoms with Gasteiger partial charge in [-0.3, -0.25) is 9.59 Å². The summed E-state index contributed by atoms with van der Waals surface area (Å²) in [5.41, 5.74) is 3.01. The quantitative estimate of drug-likeness (QED) is 0.658. The van der Waals surface area contributed by atoms with Crippen LogP contribution in [0.1, 0.15) is 36.3 Å². The highest BCUT2D eigenvalue weighted by Gasteiger charge is 2.21. The second kappa shape index (κ2) is 8.52. The van der Waals surface area contributed by atoms with Crippen LogP contribution >= 0.6 is 11.3 Å². The van der Waals surface area contributed by atoms with Crippen LogP contribution in [0.15, 0.2) is 48.5 Å². The first-order valence-electron chi connectivity index (χ1n) is 9.69. The van der Waals surface area contributed by atoms with Gasteiger partial charge >= 0.3 is 0 Å². The van der Waals surface area contributed by atoms with E-state index in [1.165, 1.54) is 4.70 Å². The molecule has 6 heteroatoms. The minimum atomic E-state index is 0.0555. The number of carbonyl (C=O) groups is 2. The van der Waals surface area contributed by atoms with E-state index in [4.69, 9.17) is 0 Å². The summed E-state index contributed by atoms with van der Waals surface area (Å²) in [6.07, 6.45) is 3.67. The minimum Gasteiger partial charge on any atom is -0.352 e. The molecule has 1 N–H and O–H groups in total. The topological polar surface area (TPSA) is 62.3 Å². The summed E-state index contributed by atoms with van der Waals surface area (Å²) in [5, 5.41) is 4.06. The van der Waals surface area contributed by atoms with E-state index in [-0.39, 0.29) is 11.8 Å². The summed E-state index contributed by atoms with van der Waals surface area (Å²) in [4.78, 5) is 30.3. The van der Waals surface area contributed by atoms with Crippen molar-refractivity contribution in [3.8, 4) is 0 Å². The monoisotopic (exact) mass is 393 g/mol. The van der Waals surface area contributed by atoms with Crippen molar-refractivity contribution in [2.45, 2.75) is 38.6 Å². The molecule has 0 saturated carbocycles. The average Bonchev–Trinajstić information content (AvgIpc) is 3.32. The lowest BCUT2D eigenvalue weighted by Gasteiger charge is -2.16. The summed E-state index contributed by atoms with van der Waals surface area (Å²) >= 11 is 1.70. The second-order valence-corrected chi connectivity index (χ2v) is 8.14. The van der Waals surface area contributed by atoms with Crippen LogP contribution in [-0.2, 0) is 22.6 Å². The molecule has 1 saturated heterocycles. The lowest BCUT2D eigenvalue weighted by atomic mass is 10.2. The Labute approximate surface area is 168 Å². The van der Waals surface area contributed by atoms with Crippen molar-refractivity contribution in [2.75, 3.05) is 11.4 Å². The third kappa shape index (κ3) is 4.39. The number of thiazole rings is 1. The zero-order valence-electron chi connectivity index (χ0n) is 15.7. The number of amides is 2. The van der Waals surface area contributed by atoms with Crippen LogP contribution in [0.2, 0.25) is 0 Å². The molecule has 0 radical (unpaired) electrons. The maximum absolute atomic E-state index is 12.1. The van der Waals surface area contributed by atoms with Gasteiger partial charge in [0.05, 0.1) is 15.2 Å². The molecule has 0 bridgehead atoms. The highest BCUT2D eigenvalue weighted by atomic mass is 32.1. The first kappa shape index (κ1) is 18.6. The highest BCUT2D eigenvalue weighted by Crippen LogP contribution is 2.23. The molecule has 28 heavy (non-hydrogen) atoms. The fourth-order valence-electron chi connectivity index (χ4n) is 3.43. The molecular formula is C22H23N3O2S. The number of benzene rings is 2. The van der Waals surface area contributed by atoms with Gasteiger partial charge in [0.25, 0.3) is 0 Å². The summed E-state index contributed by atoms with van der Waals surface area (Å²) in [7, 11) is 0. The van der Waals surface area contributed by atoms with Gasteiger partial charge < -0.3 is 10.2 Å². The van der Waals surface area contributed by atoms with Crippen LogP contribution in [0, 0.1) is 0 Å². The first-order chi connectivity index (χ1) is 13.7. The van der Waals surface area contributed by atoms with Gasteiger partial charge in [0.2, 0.25) is 11.8 Å². The van der Waals surface area contributed by atoms with Crippen molar-refractivity contribution in [3.05, 3.63) is 59.1 Å². The van der Waals surface area contributed by atoms with Gasteiger partial charge in [0.1, 0.15) is 0 Å². The van der Waals surface area contributed by atoms with Gasteiger partial charge in [-0.1, -0.05) is 24.3 Å². The van der Waals surface area contributed by atoms with Crippen molar-refractivity contribution in [1.82, 2.24) is 10.3 Å². The normalized spacial score (nSPS) is 14.0. The molecule has 0 unspecified atom stereocenters. The van der Waals surface area contributed by atoms with Crippen molar-refractivity contribution in [3.63, 3.8) is 0 Å². The van der Waals surface area contributed by atoms with Gasteiger partial charge in [-0.05, 0) is 49.1 Å². The molecule has 0 spiro atoms. The average molecular weight is 394 g/mol. The minimum absolute atomic E-state index is 0.0555. The number of nitrogens with zero attached hydrogens (tertiary/aromatic N) is 2. The number of hydrogen-bond donors (Lipinski definition) is 1. The van der Waals surface area contributed by atoms with Crippen molar-refractivity contribution in [1.29, 1.82) is 0 Å². The Morgan fingerprint density at radius 2 is 1.96 bits per heavy atom. The van der Waals surface area contributed by atoms with Gasteiger partial charge in [0, 0.05) is 31.6 Å². The van der Waals surface area contributed by atoms with Gasteiger partial charge in [-0.15, -0.1) is 11.3 Å². The highest BCUT2D eigenvalue weighted by molar-refractivity contribution is 7.18. The number of fused-ring (bicyclic) bond motifs is 1. The molecule has 3 aromatic rings. The Hall–Kier alpha value is -2.73. The molecule has 5 nitrogen and oxygen atoms in total. The number of anilines is 1. The third-order valence-corrected chi connectivity index (χ3v) is 6.04. The van der Waals surface area contributed by atoms with Crippen molar-refractivity contribution < 1.29 is 9.59 Å². The van der Waals surface area contributed by atoms with Gasteiger partial charge in [0.15, 0.2) is 0 Å². The van der Waals surface area contributed by atoms with Gasteiger partial charge in [-0.2, -0.15) is 0 Å². The van der Waals surface area contributed by atoms with Crippen LogP contribution in [0.25, 0.3) is 10.2 Å². The Balaban J connectivity index is 1.21. The van der Waals surface area contributed by atoms with E-state index in [9.17, 15) is 9.59 Å². The number of para-hydroxylation sites is 1. The standard InChI is InChI=1S/C22H23N3O2S/c26-20(7-3-8-21-24-18-5-1-2-6-19(18)28-21)23-15-16-10-12-17(13-11-16)25-14-4-9-22(25)27/h1-2,5-6,10-13H,3-4,7-9,14-15H2,(H,23,26). The van der Waals surface area contributed by atoms with Crippen molar-refractivity contribution in [2.24, 2.45) is 0 Å². The zero-order valence-corrected chi connectivity index (χ0v) is 16.5. The molecule has 1 aliphatic heterocycles. The SMILES string of the molecule is O=C(CCCc1nc2ccccc2s1)NCc1ccc(N2CCCC2=O)cc1. The van der Waals surface area contributed by atoms with Crippen LogP contribution < -0.4 is 10.2 Å². The lowest BCUT2D eigenvalue weighted by Crippen LogP contribution is -2.24. The predicted molar refractivity (Wildman–Crippen MR) is 112 cm³/mol. The molecule has 1 fully saturated rings. The Kier molecular flexibility index (Phi) is 5.67. The van der Waals surface area contributed by atoms with E-state index in [0.717, 1.165) is 47.6 Å². The number of rotatable bonds is 7. The van der Waals surface area contributed by atoms with E-state index in [1.807, 2.05) is 47.4 Å². The number of hydrogen-bond acceptors (Lipinski definition) is 4. The fraction of sp³-hybridized carbons (Fsp3) is 0.318. The van der Waals surface area contributed by atoms with E-state index in [0.29, 0.717) is 19.4 Å². The summed E-state index contributed by atoms with van der Waals surface area (Å²) in [5.74, 6) is 0.245. The number of aromatic nitrogens is 1. The van der Waals surface area contributed by atoms with E-state index >= 15 is 0 Å². The van der Waals surface area contributed by atoms with Crippen molar-refractivity contribution >= 4 is 39.1 Å². The van der Waals surface area contributed by atoms with E-state index in [1.54, 1.807) is 11.3 Å². The Bertz CT molecular complexity index is 948. The maximum atomic E-state index is 12.1. The molecule has 0 atom stereocenters. The smallest absolute Gasteiger partial charge is 0.227 e. The van der Waals surface area contributed by atoms with Crippen LogP contribution in [0.5, 0.6) is 0 Å². The molecule has 2 heterocycles. The van der Waals surface area contributed by atoms with E-state index < -0.39 is 0 Å². The Morgan fingerprint density at radius 3 is 2.71 bits per heavy atom.